The molecule has 3 atom stereocenters. The molecular weight excluding hydrogens is 232 g/mol. The molecule has 1 N–H and O–H groups in total. The molecule has 0 spiro atoms. The van der Waals surface area contributed by atoms with Crippen LogP contribution in [0.25, 0.3) is 0 Å². The van der Waals surface area contributed by atoms with Gasteiger partial charge in [0.2, 0.25) is 0 Å². The lowest BCUT2D eigenvalue weighted by molar-refractivity contribution is 0.225. The molecule has 0 amide bonds. The standard InChI is InChI=1S/C17H32N2/c1-13(2)15-4-3-5-16(10-15)18-11-14-8-9-19(12-14)17-6-7-17/h13-18H,3-12H2,1-2H3. The van der Waals surface area contributed by atoms with Crippen LogP contribution in [0.2, 0.25) is 0 Å². The minimum atomic E-state index is 0.816. The predicted molar refractivity (Wildman–Crippen MR) is 81.3 cm³/mol. The zero-order valence-corrected chi connectivity index (χ0v) is 12.9. The van der Waals surface area contributed by atoms with E-state index in [1.54, 1.807) is 0 Å². The highest BCUT2D eigenvalue weighted by atomic mass is 15.2. The molecule has 1 heterocycles. The minimum absolute atomic E-state index is 0.816. The first-order valence-electron chi connectivity index (χ1n) is 8.70. The summed E-state index contributed by atoms with van der Waals surface area (Å²) in [6.07, 6.45) is 10.1. The van der Waals surface area contributed by atoms with E-state index in [1.807, 2.05) is 0 Å². The normalized spacial score (nSPS) is 37.1. The average Bonchev–Trinajstić information content (AvgIpc) is 3.16. The summed E-state index contributed by atoms with van der Waals surface area (Å²) in [4.78, 5) is 2.74. The van der Waals surface area contributed by atoms with Gasteiger partial charge in [0.15, 0.2) is 0 Å². The highest BCUT2D eigenvalue weighted by Gasteiger charge is 2.34. The Balaban J connectivity index is 1.37. The fraction of sp³-hybridized carbons (Fsp3) is 1.00. The maximum atomic E-state index is 3.90. The van der Waals surface area contributed by atoms with E-state index in [9.17, 15) is 0 Å². The van der Waals surface area contributed by atoms with E-state index in [0.717, 1.165) is 29.8 Å². The summed E-state index contributed by atoms with van der Waals surface area (Å²) in [5.74, 6) is 2.78. The molecular formula is C17H32N2. The van der Waals surface area contributed by atoms with Gasteiger partial charge in [0, 0.05) is 18.6 Å². The molecule has 2 heteroatoms. The first kappa shape index (κ1) is 13.9. The second kappa shape index (κ2) is 6.13. The molecule has 0 bridgehead atoms. The van der Waals surface area contributed by atoms with Gasteiger partial charge >= 0.3 is 0 Å². The summed E-state index contributed by atoms with van der Waals surface area (Å²) >= 11 is 0. The molecule has 3 unspecified atom stereocenters. The number of hydrogen-bond donors (Lipinski definition) is 1. The molecule has 0 aromatic heterocycles. The van der Waals surface area contributed by atoms with Crippen molar-refractivity contribution in [3.05, 3.63) is 0 Å². The van der Waals surface area contributed by atoms with Crippen LogP contribution in [0.15, 0.2) is 0 Å². The second-order valence-electron chi connectivity index (χ2n) is 7.66. The summed E-state index contributed by atoms with van der Waals surface area (Å²) in [5.41, 5.74) is 0. The van der Waals surface area contributed by atoms with Crippen LogP contribution in [-0.2, 0) is 0 Å². The maximum absolute atomic E-state index is 3.90. The Labute approximate surface area is 119 Å². The van der Waals surface area contributed by atoms with Gasteiger partial charge in [-0.1, -0.05) is 26.7 Å². The van der Waals surface area contributed by atoms with Crippen LogP contribution in [0.5, 0.6) is 0 Å². The number of hydrogen-bond acceptors (Lipinski definition) is 2. The smallest absolute Gasteiger partial charge is 0.00965 e. The monoisotopic (exact) mass is 264 g/mol. The van der Waals surface area contributed by atoms with Crippen LogP contribution in [0.4, 0.5) is 0 Å². The topological polar surface area (TPSA) is 15.3 Å². The Hall–Kier alpha value is -0.0800. The van der Waals surface area contributed by atoms with Crippen molar-refractivity contribution in [3.8, 4) is 0 Å². The van der Waals surface area contributed by atoms with Crippen molar-refractivity contribution >= 4 is 0 Å². The Morgan fingerprint density at radius 1 is 1.11 bits per heavy atom. The molecule has 2 nitrogen and oxygen atoms in total. The van der Waals surface area contributed by atoms with Gasteiger partial charge in [-0.3, -0.25) is 0 Å². The SMILES string of the molecule is CC(C)C1CCCC(NCC2CCN(C3CC3)C2)C1. The summed E-state index contributed by atoms with van der Waals surface area (Å²) in [6.45, 7) is 8.82. The summed E-state index contributed by atoms with van der Waals surface area (Å²) in [6, 6.07) is 1.79. The van der Waals surface area contributed by atoms with Crippen molar-refractivity contribution < 1.29 is 0 Å². The van der Waals surface area contributed by atoms with Crippen molar-refractivity contribution in [2.75, 3.05) is 19.6 Å². The molecule has 3 rings (SSSR count). The second-order valence-corrected chi connectivity index (χ2v) is 7.66. The molecule has 1 aliphatic heterocycles. The van der Waals surface area contributed by atoms with Crippen molar-refractivity contribution in [3.63, 3.8) is 0 Å². The zero-order chi connectivity index (χ0) is 13.2. The number of rotatable bonds is 5. The van der Waals surface area contributed by atoms with Gasteiger partial charge in [-0.25, -0.2) is 0 Å². The van der Waals surface area contributed by atoms with Crippen molar-refractivity contribution in [1.29, 1.82) is 0 Å². The van der Waals surface area contributed by atoms with Crippen molar-refractivity contribution in [2.45, 2.75) is 70.9 Å². The lowest BCUT2D eigenvalue weighted by Gasteiger charge is -2.32. The molecule has 0 aromatic carbocycles. The fourth-order valence-corrected chi connectivity index (χ4v) is 4.15. The highest BCUT2D eigenvalue weighted by molar-refractivity contribution is 4.90. The van der Waals surface area contributed by atoms with E-state index >= 15 is 0 Å². The van der Waals surface area contributed by atoms with Crippen LogP contribution in [0.3, 0.4) is 0 Å². The average molecular weight is 264 g/mol. The molecule has 1 saturated heterocycles. The lowest BCUT2D eigenvalue weighted by Crippen LogP contribution is -2.38. The summed E-state index contributed by atoms with van der Waals surface area (Å²) < 4.78 is 0. The van der Waals surface area contributed by atoms with Crippen molar-refractivity contribution in [1.82, 2.24) is 10.2 Å². The third-order valence-electron chi connectivity index (χ3n) is 5.73. The maximum Gasteiger partial charge on any atom is 0.00965 e. The van der Waals surface area contributed by atoms with E-state index in [1.165, 1.54) is 64.6 Å². The molecule has 3 aliphatic rings. The van der Waals surface area contributed by atoms with E-state index < -0.39 is 0 Å². The van der Waals surface area contributed by atoms with Gasteiger partial charge < -0.3 is 10.2 Å². The first-order valence-corrected chi connectivity index (χ1v) is 8.70. The Kier molecular flexibility index (Phi) is 4.48. The van der Waals surface area contributed by atoms with Gasteiger partial charge in [-0.15, -0.1) is 0 Å². The first-order chi connectivity index (χ1) is 9.22. The fourth-order valence-electron chi connectivity index (χ4n) is 4.15. The van der Waals surface area contributed by atoms with E-state index in [0.29, 0.717) is 0 Å². The van der Waals surface area contributed by atoms with Gasteiger partial charge in [-0.05, 0) is 62.9 Å². The molecule has 2 aliphatic carbocycles. The van der Waals surface area contributed by atoms with Gasteiger partial charge in [0.25, 0.3) is 0 Å². The van der Waals surface area contributed by atoms with Gasteiger partial charge in [-0.2, -0.15) is 0 Å². The molecule has 19 heavy (non-hydrogen) atoms. The van der Waals surface area contributed by atoms with Crippen LogP contribution in [-0.4, -0.2) is 36.6 Å². The van der Waals surface area contributed by atoms with Gasteiger partial charge in [0.05, 0.1) is 0 Å². The minimum Gasteiger partial charge on any atom is -0.314 e. The van der Waals surface area contributed by atoms with Crippen LogP contribution >= 0.6 is 0 Å². The zero-order valence-electron chi connectivity index (χ0n) is 12.9. The Bertz CT molecular complexity index is 285. The number of nitrogens with one attached hydrogen (secondary N) is 1. The van der Waals surface area contributed by atoms with Crippen LogP contribution in [0, 0.1) is 17.8 Å². The number of nitrogens with zero attached hydrogens (tertiary/aromatic N) is 1. The Morgan fingerprint density at radius 3 is 2.68 bits per heavy atom. The van der Waals surface area contributed by atoms with Gasteiger partial charge in [0.1, 0.15) is 0 Å². The molecule has 3 fully saturated rings. The molecule has 0 aromatic rings. The van der Waals surface area contributed by atoms with E-state index in [2.05, 4.69) is 24.1 Å². The highest BCUT2D eigenvalue weighted by Crippen LogP contribution is 2.32. The van der Waals surface area contributed by atoms with Crippen molar-refractivity contribution in [2.24, 2.45) is 17.8 Å². The van der Waals surface area contributed by atoms with E-state index in [-0.39, 0.29) is 0 Å². The molecule has 0 radical (unpaired) electrons. The quantitative estimate of drug-likeness (QED) is 0.820. The largest absolute Gasteiger partial charge is 0.314 e. The molecule has 110 valence electrons. The lowest BCUT2D eigenvalue weighted by atomic mass is 9.79. The summed E-state index contributed by atoms with van der Waals surface area (Å²) in [5, 5.41) is 3.90. The number of likely N-dealkylation sites (tertiary alicyclic amines) is 1. The van der Waals surface area contributed by atoms with E-state index in [4.69, 9.17) is 0 Å². The van der Waals surface area contributed by atoms with Crippen LogP contribution in [0.1, 0.15) is 58.8 Å². The third-order valence-corrected chi connectivity index (χ3v) is 5.73. The van der Waals surface area contributed by atoms with Crippen LogP contribution < -0.4 is 5.32 Å². The molecule has 2 saturated carbocycles. The predicted octanol–water partition coefficient (Wildman–Crippen LogP) is 3.28. The third kappa shape index (κ3) is 3.72. The summed E-state index contributed by atoms with van der Waals surface area (Å²) in [7, 11) is 0. The Morgan fingerprint density at radius 2 is 1.95 bits per heavy atom.